The molecule has 0 fully saturated rings. The average Bonchev–Trinajstić information content (AvgIpc) is 3.25. The Morgan fingerprint density at radius 1 is 0.955 bits per heavy atom. The van der Waals surface area contributed by atoms with Crippen molar-refractivity contribution >= 4 is 34.7 Å². The standard InChI is InChI=1S/C18H15NOS2/c20-17(11-10-15-8-4-12-21-15)19-18(16-9-5-13-22-16)14-6-2-1-3-7-14/h1-13,18H,(H,19,20)/b11-10+. The number of nitrogens with one attached hydrogen (secondary N) is 1. The molecule has 1 atom stereocenters. The summed E-state index contributed by atoms with van der Waals surface area (Å²) >= 11 is 3.26. The zero-order valence-corrected chi connectivity index (χ0v) is 13.4. The Hall–Kier alpha value is -2.17. The molecular weight excluding hydrogens is 310 g/mol. The highest BCUT2D eigenvalue weighted by molar-refractivity contribution is 7.10. The quantitative estimate of drug-likeness (QED) is 0.675. The highest BCUT2D eigenvalue weighted by atomic mass is 32.1. The maximum absolute atomic E-state index is 12.2. The normalized spacial score (nSPS) is 12.4. The van der Waals surface area contributed by atoms with E-state index in [0.29, 0.717) is 0 Å². The van der Waals surface area contributed by atoms with Crippen molar-refractivity contribution in [3.05, 3.63) is 86.8 Å². The van der Waals surface area contributed by atoms with E-state index in [4.69, 9.17) is 0 Å². The second-order valence-electron chi connectivity index (χ2n) is 4.72. The molecule has 2 aromatic heterocycles. The van der Waals surface area contributed by atoms with Crippen LogP contribution in [0.5, 0.6) is 0 Å². The van der Waals surface area contributed by atoms with E-state index >= 15 is 0 Å². The summed E-state index contributed by atoms with van der Waals surface area (Å²) in [4.78, 5) is 14.4. The molecule has 2 nitrogen and oxygen atoms in total. The number of hydrogen-bond acceptors (Lipinski definition) is 3. The first-order valence-electron chi connectivity index (χ1n) is 6.93. The molecule has 1 amide bonds. The van der Waals surface area contributed by atoms with Gasteiger partial charge in [-0.3, -0.25) is 4.79 Å². The third-order valence-electron chi connectivity index (χ3n) is 3.19. The van der Waals surface area contributed by atoms with Crippen molar-refractivity contribution in [1.29, 1.82) is 0 Å². The van der Waals surface area contributed by atoms with Gasteiger partial charge in [0.1, 0.15) is 0 Å². The SMILES string of the molecule is O=C(/C=C/c1cccs1)NC(c1ccccc1)c1cccs1. The monoisotopic (exact) mass is 325 g/mol. The number of hydrogen-bond donors (Lipinski definition) is 1. The summed E-state index contributed by atoms with van der Waals surface area (Å²) in [6, 6.07) is 17.9. The van der Waals surface area contributed by atoms with Crippen LogP contribution in [0.2, 0.25) is 0 Å². The van der Waals surface area contributed by atoms with E-state index in [1.54, 1.807) is 28.7 Å². The molecule has 0 bridgehead atoms. The molecule has 1 unspecified atom stereocenters. The highest BCUT2D eigenvalue weighted by Gasteiger charge is 2.16. The fraction of sp³-hybridized carbons (Fsp3) is 0.0556. The van der Waals surface area contributed by atoms with Gasteiger partial charge in [-0.2, -0.15) is 0 Å². The van der Waals surface area contributed by atoms with E-state index in [9.17, 15) is 4.79 Å². The van der Waals surface area contributed by atoms with Crippen LogP contribution in [0, 0.1) is 0 Å². The molecule has 0 saturated heterocycles. The van der Waals surface area contributed by atoms with Gasteiger partial charge >= 0.3 is 0 Å². The molecule has 0 aliphatic rings. The minimum absolute atomic E-state index is 0.0874. The molecule has 1 N–H and O–H groups in total. The van der Waals surface area contributed by atoms with E-state index in [0.717, 1.165) is 15.3 Å². The molecule has 3 aromatic rings. The van der Waals surface area contributed by atoms with E-state index in [2.05, 4.69) is 5.32 Å². The van der Waals surface area contributed by atoms with E-state index in [-0.39, 0.29) is 11.9 Å². The van der Waals surface area contributed by atoms with Gasteiger partial charge in [-0.05, 0) is 34.5 Å². The summed E-state index contributed by atoms with van der Waals surface area (Å²) in [5.41, 5.74) is 1.09. The molecule has 3 rings (SSSR count). The Kier molecular flexibility index (Phi) is 4.83. The fourth-order valence-corrected chi connectivity index (χ4v) is 3.57. The second-order valence-corrected chi connectivity index (χ2v) is 6.68. The molecule has 0 radical (unpaired) electrons. The zero-order chi connectivity index (χ0) is 15.2. The minimum atomic E-state index is -0.110. The molecule has 110 valence electrons. The van der Waals surface area contributed by atoms with Crippen LogP contribution >= 0.6 is 22.7 Å². The summed E-state index contributed by atoms with van der Waals surface area (Å²) in [5, 5.41) is 7.11. The van der Waals surface area contributed by atoms with Crippen molar-refractivity contribution in [3.63, 3.8) is 0 Å². The maximum Gasteiger partial charge on any atom is 0.244 e. The van der Waals surface area contributed by atoms with Crippen LogP contribution in [0.3, 0.4) is 0 Å². The first-order chi connectivity index (χ1) is 10.8. The van der Waals surface area contributed by atoms with Crippen molar-refractivity contribution < 1.29 is 4.79 Å². The average molecular weight is 325 g/mol. The van der Waals surface area contributed by atoms with Crippen molar-refractivity contribution in [2.24, 2.45) is 0 Å². The van der Waals surface area contributed by atoms with Crippen molar-refractivity contribution in [3.8, 4) is 0 Å². The number of rotatable bonds is 5. The molecule has 0 spiro atoms. The van der Waals surface area contributed by atoms with Gasteiger partial charge in [-0.25, -0.2) is 0 Å². The number of carbonyl (C=O) groups excluding carboxylic acids is 1. The van der Waals surface area contributed by atoms with Crippen LogP contribution < -0.4 is 5.32 Å². The predicted molar refractivity (Wildman–Crippen MR) is 94.1 cm³/mol. The Balaban J connectivity index is 1.77. The predicted octanol–water partition coefficient (Wildman–Crippen LogP) is 4.73. The lowest BCUT2D eigenvalue weighted by Crippen LogP contribution is -2.27. The lowest BCUT2D eigenvalue weighted by atomic mass is 10.1. The largest absolute Gasteiger partial charge is 0.341 e. The van der Waals surface area contributed by atoms with Crippen molar-refractivity contribution in [2.45, 2.75) is 6.04 Å². The number of thiophene rings is 2. The summed E-state index contributed by atoms with van der Waals surface area (Å²) in [6.07, 6.45) is 3.44. The highest BCUT2D eigenvalue weighted by Crippen LogP contribution is 2.25. The van der Waals surface area contributed by atoms with Gasteiger partial charge in [-0.1, -0.05) is 42.5 Å². The molecule has 2 heterocycles. The Morgan fingerprint density at radius 2 is 1.73 bits per heavy atom. The summed E-state index contributed by atoms with van der Waals surface area (Å²) < 4.78 is 0. The van der Waals surface area contributed by atoms with E-state index < -0.39 is 0 Å². The maximum atomic E-state index is 12.2. The first-order valence-corrected chi connectivity index (χ1v) is 8.69. The third kappa shape index (κ3) is 3.72. The van der Waals surface area contributed by atoms with Crippen LogP contribution in [0.15, 0.2) is 71.4 Å². The van der Waals surface area contributed by atoms with Gasteiger partial charge in [0.25, 0.3) is 0 Å². The smallest absolute Gasteiger partial charge is 0.244 e. The number of amides is 1. The lowest BCUT2D eigenvalue weighted by molar-refractivity contribution is -0.116. The van der Waals surface area contributed by atoms with Crippen LogP contribution in [0.4, 0.5) is 0 Å². The van der Waals surface area contributed by atoms with Crippen molar-refractivity contribution in [2.75, 3.05) is 0 Å². The van der Waals surface area contributed by atoms with Crippen LogP contribution in [0.1, 0.15) is 21.4 Å². The summed E-state index contributed by atoms with van der Waals surface area (Å²) in [7, 11) is 0. The van der Waals surface area contributed by atoms with Gasteiger partial charge in [0.15, 0.2) is 0 Å². The number of carbonyl (C=O) groups is 1. The molecule has 0 saturated carbocycles. The third-order valence-corrected chi connectivity index (χ3v) is 4.96. The van der Waals surface area contributed by atoms with Crippen LogP contribution in [-0.2, 0) is 4.79 Å². The summed E-state index contributed by atoms with van der Waals surface area (Å²) in [6.45, 7) is 0. The van der Waals surface area contributed by atoms with Gasteiger partial charge < -0.3 is 5.32 Å². The van der Waals surface area contributed by atoms with E-state index in [1.165, 1.54) is 0 Å². The van der Waals surface area contributed by atoms with Gasteiger partial charge in [0, 0.05) is 15.8 Å². The Morgan fingerprint density at radius 3 is 2.41 bits per heavy atom. The van der Waals surface area contributed by atoms with Crippen LogP contribution in [0.25, 0.3) is 6.08 Å². The van der Waals surface area contributed by atoms with Crippen molar-refractivity contribution in [1.82, 2.24) is 5.32 Å². The van der Waals surface area contributed by atoms with E-state index in [1.807, 2.05) is 71.4 Å². The lowest BCUT2D eigenvalue weighted by Gasteiger charge is -2.17. The van der Waals surface area contributed by atoms with Gasteiger partial charge in [-0.15, -0.1) is 22.7 Å². The van der Waals surface area contributed by atoms with Gasteiger partial charge in [0.05, 0.1) is 6.04 Å². The minimum Gasteiger partial charge on any atom is -0.341 e. The molecule has 0 aliphatic carbocycles. The molecule has 0 aliphatic heterocycles. The Bertz CT molecular complexity index is 731. The number of benzene rings is 1. The molecule has 22 heavy (non-hydrogen) atoms. The molecular formula is C18H15NOS2. The fourth-order valence-electron chi connectivity index (χ4n) is 2.15. The van der Waals surface area contributed by atoms with Gasteiger partial charge in [0.2, 0.25) is 5.91 Å². The second kappa shape index (κ2) is 7.20. The molecule has 1 aromatic carbocycles. The summed E-state index contributed by atoms with van der Waals surface area (Å²) in [5.74, 6) is -0.0874. The first kappa shape index (κ1) is 14.8. The van der Waals surface area contributed by atoms with Crippen LogP contribution in [-0.4, -0.2) is 5.91 Å². The molecule has 4 heteroatoms. The topological polar surface area (TPSA) is 29.1 Å². The zero-order valence-electron chi connectivity index (χ0n) is 11.8. The Labute approximate surface area is 137 Å².